The van der Waals surface area contributed by atoms with Crippen LogP contribution in [0, 0.1) is 11.6 Å². The first kappa shape index (κ1) is 9.61. The summed E-state index contributed by atoms with van der Waals surface area (Å²) in [7, 11) is 0. The number of rotatable bonds is 1. The first-order valence-electron chi connectivity index (χ1n) is 3.42. The molecule has 0 saturated carbocycles. The van der Waals surface area contributed by atoms with E-state index in [9.17, 15) is 8.78 Å². The van der Waals surface area contributed by atoms with E-state index in [-0.39, 0.29) is 10.0 Å². The molecule has 0 aliphatic rings. The van der Waals surface area contributed by atoms with Crippen molar-refractivity contribution >= 4 is 15.9 Å². The second-order valence-electron chi connectivity index (χ2n) is 2.58. The van der Waals surface area contributed by atoms with Gasteiger partial charge in [0, 0.05) is 11.6 Å². The SMILES string of the molecule is CC(N)c1cc(F)c(Br)cc1F. The third-order valence-electron chi connectivity index (χ3n) is 1.53. The first-order chi connectivity index (χ1) is 5.52. The maximum atomic E-state index is 13.0. The summed E-state index contributed by atoms with van der Waals surface area (Å²) in [6.45, 7) is 1.60. The zero-order valence-electron chi connectivity index (χ0n) is 6.44. The lowest BCUT2D eigenvalue weighted by molar-refractivity contribution is 0.567. The fraction of sp³-hybridized carbons (Fsp3) is 0.250. The molecular formula is C8H8BrF2N. The molecule has 12 heavy (non-hydrogen) atoms. The number of benzene rings is 1. The van der Waals surface area contributed by atoms with Crippen molar-refractivity contribution in [3.63, 3.8) is 0 Å². The monoisotopic (exact) mass is 235 g/mol. The Morgan fingerprint density at radius 2 is 1.92 bits per heavy atom. The van der Waals surface area contributed by atoms with Crippen LogP contribution in [0.3, 0.4) is 0 Å². The summed E-state index contributed by atoms with van der Waals surface area (Å²) in [5, 5.41) is 0. The predicted molar refractivity (Wildman–Crippen MR) is 46.7 cm³/mol. The second kappa shape index (κ2) is 3.49. The largest absolute Gasteiger partial charge is 0.324 e. The Kier molecular flexibility index (Phi) is 2.80. The minimum atomic E-state index is -0.497. The van der Waals surface area contributed by atoms with Gasteiger partial charge in [0.25, 0.3) is 0 Å². The molecule has 0 aliphatic heterocycles. The molecule has 1 aromatic carbocycles. The van der Waals surface area contributed by atoms with Gasteiger partial charge in [-0.15, -0.1) is 0 Å². The van der Waals surface area contributed by atoms with Gasteiger partial charge < -0.3 is 5.73 Å². The summed E-state index contributed by atoms with van der Waals surface area (Å²) in [6, 6.07) is 1.69. The van der Waals surface area contributed by atoms with Gasteiger partial charge >= 0.3 is 0 Å². The van der Waals surface area contributed by atoms with Gasteiger partial charge in [0.05, 0.1) is 4.47 Å². The lowest BCUT2D eigenvalue weighted by atomic mass is 10.1. The van der Waals surface area contributed by atoms with Crippen molar-refractivity contribution in [1.29, 1.82) is 0 Å². The number of hydrogen-bond acceptors (Lipinski definition) is 1. The Balaban J connectivity index is 3.23. The smallest absolute Gasteiger partial charge is 0.137 e. The van der Waals surface area contributed by atoms with Crippen LogP contribution >= 0.6 is 15.9 Å². The highest BCUT2D eigenvalue weighted by atomic mass is 79.9. The van der Waals surface area contributed by atoms with Gasteiger partial charge in [-0.1, -0.05) is 0 Å². The number of hydrogen-bond donors (Lipinski definition) is 1. The molecule has 0 radical (unpaired) electrons. The van der Waals surface area contributed by atoms with Crippen molar-refractivity contribution in [1.82, 2.24) is 0 Å². The quantitative estimate of drug-likeness (QED) is 0.745. The summed E-state index contributed by atoms with van der Waals surface area (Å²) in [5.74, 6) is -0.984. The molecule has 1 rings (SSSR count). The normalized spacial score (nSPS) is 13.1. The average molecular weight is 236 g/mol. The first-order valence-corrected chi connectivity index (χ1v) is 4.21. The van der Waals surface area contributed by atoms with Crippen LogP contribution in [0.2, 0.25) is 0 Å². The van der Waals surface area contributed by atoms with E-state index >= 15 is 0 Å². The van der Waals surface area contributed by atoms with Gasteiger partial charge in [0.2, 0.25) is 0 Å². The summed E-state index contributed by atoms with van der Waals surface area (Å²) in [4.78, 5) is 0. The summed E-state index contributed by atoms with van der Waals surface area (Å²) >= 11 is 2.87. The molecule has 1 nitrogen and oxygen atoms in total. The highest BCUT2D eigenvalue weighted by Crippen LogP contribution is 2.22. The highest BCUT2D eigenvalue weighted by Gasteiger charge is 2.10. The summed E-state index contributed by atoms with van der Waals surface area (Å²) < 4.78 is 26.0. The molecule has 4 heteroatoms. The number of nitrogens with two attached hydrogens (primary N) is 1. The van der Waals surface area contributed by atoms with Crippen molar-refractivity contribution < 1.29 is 8.78 Å². The predicted octanol–water partition coefficient (Wildman–Crippen LogP) is 2.75. The molecule has 66 valence electrons. The molecule has 0 amide bonds. The minimum absolute atomic E-state index is 0.115. The Bertz CT molecular complexity index is 299. The van der Waals surface area contributed by atoms with Crippen LogP contribution in [0.5, 0.6) is 0 Å². The van der Waals surface area contributed by atoms with Crippen molar-refractivity contribution in [2.24, 2.45) is 5.73 Å². The van der Waals surface area contributed by atoms with Gasteiger partial charge in [-0.2, -0.15) is 0 Å². The van der Waals surface area contributed by atoms with E-state index in [4.69, 9.17) is 5.73 Å². The van der Waals surface area contributed by atoms with Gasteiger partial charge in [-0.25, -0.2) is 8.78 Å². The van der Waals surface area contributed by atoms with Gasteiger partial charge in [0.15, 0.2) is 0 Å². The van der Waals surface area contributed by atoms with Crippen molar-refractivity contribution in [2.45, 2.75) is 13.0 Å². The molecule has 0 aromatic heterocycles. The lowest BCUT2D eigenvalue weighted by Gasteiger charge is -2.07. The highest BCUT2D eigenvalue weighted by molar-refractivity contribution is 9.10. The second-order valence-corrected chi connectivity index (χ2v) is 3.43. The Morgan fingerprint density at radius 1 is 1.33 bits per heavy atom. The van der Waals surface area contributed by atoms with Crippen LogP contribution in [-0.2, 0) is 0 Å². The maximum Gasteiger partial charge on any atom is 0.137 e. The van der Waals surface area contributed by atoms with E-state index in [1.165, 1.54) is 0 Å². The zero-order valence-corrected chi connectivity index (χ0v) is 8.03. The van der Waals surface area contributed by atoms with Crippen LogP contribution in [0.25, 0.3) is 0 Å². The average Bonchev–Trinajstić information content (AvgIpc) is 1.96. The van der Waals surface area contributed by atoms with E-state index < -0.39 is 17.7 Å². The molecule has 0 aliphatic carbocycles. The van der Waals surface area contributed by atoms with Crippen molar-refractivity contribution in [3.8, 4) is 0 Å². The lowest BCUT2D eigenvalue weighted by Crippen LogP contribution is -2.08. The molecule has 2 N–H and O–H groups in total. The Hall–Kier alpha value is -0.480. The molecule has 0 fully saturated rings. The van der Waals surface area contributed by atoms with E-state index in [0.29, 0.717) is 0 Å². The van der Waals surface area contributed by atoms with E-state index in [1.807, 2.05) is 0 Å². The third-order valence-corrected chi connectivity index (χ3v) is 2.14. The molecular weight excluding hydrogens is 228 g/mol. The Labute approximate surface area is 77.7 Å². The summed E-state index contributed by atoms with van der Waals surface area (Å²) in [5.41, 5.74) is 5.60. The van der Waals surface area contributed by atoms with E-state index in [2.05, 4.69) is 15.9 Å². The summed E-state index contributed by atoms with van der Waals surface area (Å²) in [6.07, 6.45) is 0. The molecule has 0 spiro atoms. The molecule has 0 heterocycles. The van der Waals surface area contributed by atoms with E-state index in [0.717, 1.165) is 12.1 Å². The topological polar surface area (TPSA) is 26.0 Å². The molecule has 0 saturated heterocycles. The van der Waals surface area contributed by atoms with Gasteiger partial charge in [-0.05, 0) is 35.0 Å². The molecule has 1 atom stereocenters. The van der Waals surface area contributed by atoms with Crippen LogP contribution in [-0.4, -0.2) is 0 Å². The van der Waals surface area contributed by atoms with Gasteiger partial charge in [0.1, 0.15) is 11.6 Å². The third kappa shape index (κ3) is 1.81. The number of halogens is 3. The van der Waals surface area contributed by atoms with Crippen molar-refractivity contribution in [3.05, 3.63) is 33.8 Å². The van der Waals surface area contributed by atoms with Crippen LogP contribution in [0.1, 0.15) is 18.5 Å². The van der Waals surface area contributed by atoms with Crippen LogP contribution in [0.15, 0.2) is 16.6 Å². The van der Waals surface area contributed by atoms with E-state index in [1.54, 1.807) is 6.92 Å². The fourth-order valence-corrected chi connectivity index (χ4v) is 1.20. The van der Waals surface area contributed by atoms with Gasteiger partial charge in [-0.3, -0.25) is 0 Å². The van der Waals surface area contributed by atoms with Crippen molar-refractivity contribution in [2.75, 3.05) is 0 Å². The zero-order chi connectivity index (χ0) is 9.30. The molecule has 1 unspecified atom stereocenters. The molecule has 1 aromatic rings. The molecule has 0 bridgehead atoms. The Morgan fingerprint density at radius 3 is 2.42 bits per heavy atom. The van der Waals surface area contributed by atoms with Crippen LogP contribution in [0.4, 0.5) is 8.78 Å². The van der Waals surface area contributed by atoms with Crippen LogP contribution < -0.4 is 5.73 Å². The minimum Gasteiger partial charge on any atom is -0.324 e. The standard InChI is InChI=1S/C8H8BrF2N/c1-4(12)5-2-8(11)6(9)3-7(5)10/h2-4H,12H2,1H3. The maximum absolute atomic E-state index is 13.0. The fourth-order valence-electron chi connectivity index (χ4n) is 0.887.